The lowest BCUT2D eigenvalue weighted by Crippen LogP contribution is -1.86. The van der Waals surface area contributed by atoms with Gasteiger partial charge in [0, 0.05) is 4.47 Å². The number of phenols is 1. The van der Waals surface area contributed by atoms with E-state index in [1.54, 1.807) is 0 Å². The highest BCUT2D eigenvalue weighted by molar-refractivity contribution is 9.10. The molecule has 82 valence electrons. The standard InChI is InChI=1S/C14H13BrO/c1-9-6-7-13(10(2)14(9)16)11-4-3-5-12(15)8-11/h3-8,16H,1-2H3. The van der Waals surface area contributed by atoms with Crippen molar-refractivity contribution in [2.45, 2.75) is 13.8 Å². The lowest BCUT2D eigenvalue weighted by Gasteiger charge is -2.10. The van der Waals surface area contributed by atoms with Gasteiger partial charge in [-0.05, 0) is 48.2 Å². The van der Waals surface area contributed by atoms with Crippen molar-refractivity contribution in [1.82, 2.24) is 0 Å². The second kappa shape index (κ2) is 4.30. The summed E-state index contributed by atoms with van der Waals surface area (Å²) < 4.78 is 1.05. The number of rotatable bonds is 1. The van der Waals surface area contributed by atoms with Crippen molar-refractivity contribution in [3.63, 3.8) is 0 Å². The third kappa shape index (κ3) is 1.98. The number of halogens is 1. The van der Waals surface area contributed by atoms with E-state index in [-0.39, 0.29) is 0 Å². The minimum Gasteiger partial charge on any atom is -0.507 e. The summed E-state index contributed by atoms with van der Waals surface area (Å²) in [5, 5.41) is 9.91. The molecular formula is C14H13BrO. The van der Waals surface area contributed by atoms with Crippen molar-refractivity contribution in [3.05, 3.63) is 52.0 Å². The van der Waals surface area contributed by atoms with E-state index in [1.807, 2.05) is 44.2 Å². The first-order valence-electron chi connectivity index (χ1n) is 5.14. The summed E-state index contributed by atoms with van der Waals surface area (Å²) in [7, 11) is 0. The normalized spacial score (nSPS) is 10.4. The van der Waals surface area contributed by atoms with E-state index >= 15 is 0 Å². The van der Waals surface area contributed by atoms with E-state index in [0.29, 0.717) is 5.75 Å². The Hall–Kier alpha value is -1.28. The molecule has 0 aliphatic heterocycles. The summed E-state index contributed by atoms with van der Waals surface area (Å²) >= 11 is 3.45. The molecule has 0 aliphatic carbocycles. The molecule has 1 N–H and O–H groups in total. The molecule has 0 aromatic heterocycles. The van der Waals surface area contributed by atoms with E-state index in [9.17, 15) is 5.11 Å². The maximum Gasteiger partial charge on any atom is 0.122 e. The number of aromatic hydroxyl groups is 1. The molecular weight excluding hydrogens is 264 g/mol. The van der Waals surface area contributed by atoms with Gasteiger partial charge in [0.05, 0.1) is 0 Å². The van der Waals surface area contributed by atoms with Gasteiger partial charge in [-0.25, -0.2) is 0 Å². The summed E-state index contributed by atoms with van der Waals surface area (Å²) in [6.45, 7) is 3.85. The predicted molar refractivity (Wildman–Crippen MR) is 70.7 cm³/mol. The summed E-state index contributed by atoms with van der Waals surface area (Å²) in [6.07, 6.45) is 0. The number of benzene rings is 2. The first kappa shape index (κ1) is 11.2. The van der Waals surface area contributed by atoms with Crippen LogP contribution in [0.1, 0.15) is 11.1 Å². The zero-order valence-corrected chi connectivity index (χ0v) is 10.9. The Morgan fingerprint density at radius 1 is 1.06 bits per heavy atom. The second-order valence-corrected chi connectivity index (χ2v) is 4.83. The Balaban J connectivity index is 2.61. The van der Waals surface area contributed by atoms with E-state index in [0.717, 1.165) is 26.7 Å². The number of aryl methyl sites for hydroxylation is 1. The fourth-order valence-electron chi connectivity index (χ4n) is 1.80. The van der Waals surface area contributed by atoms with Gasteiger partial charge in [0.25, 0.3) is 0 Å². The largest absolute Gasteiger partial charge is 0.507 e. The van der Waals surface area contributed by atoms with Gasteiger partial charge in [-0.1, -0.05) is 40.2 Å². The van der Waals surface area contributed by atoms with E-state index in [4.69, 9.17) is 0 Å². The minimum absolute atomic E-state index is 0.387. The summed E-state index contributed by atoms with van der Waals surface area (Å²) in [5.74, 6) is 0.387. The molecule has 0 saturated carbocycles. The number of phenolic OH excluding ortho intramolecular Hbond substituents is 1. The molecule has 1 nitrogen and oxygen atoms in total. The van der Waals surface area contributed by atoms with Crippen LogP contribution in [0, 0.1) is 13.8 Å². The molecule has 0 fully saturated rings. The topological polar surface area (TPSA) is 20.2 Å². The maximum atomic E-state index is 9.91. The first-order valence-corrected chi connectivity index (χ1v) is 5.94. The Labute approximate surface area is 104 Å². The second-order valence-electron chi connectivity index (χ2n) is 3.91. The Morgan fingerprint density at radius 3 is 2.50 bits per heavy atom. The highest BCUT2D eigenvalue weighted by Gasteiger charge is 2.07. The smallest absolute Gasteiger partial charge is 0.122 e. The Morgan fingerprint density at radius 2 is 1.81 bits per heavy atom. The van der Waals surface area contributed by atoms with E-state index in [1.165, 1.54) is 0 Å². The van der Waals surface area contributed by atoms with Gasteiger partial charge in [-0.3, -0.25) is 0 Å². The van der Waals surface area contributed by atoms with Crippen molar-refractivity contribution in [2.24, 2.45) is 0 Å². The highest BCUT2D eigenvalue weighted by Crippen LogP contribution is 2.32. The molecule has 0 bridgehead atoms. The van der Waals surface area contributed by atoms with Gasteiger partial charge in [0.2, 0.25) is 0 Å². The van der Waals surface area contributed by atoms with Gasteiger partial charge in [-0.15, -0.1) is 0 Å². The van der Waals surface area contributed by atoms with E-state index < -0.39 is 0 Å². The average Bonchev–Trinajstić information content (AvgIpc) is 2.26. The summed E-state index contributed by atoms with van der Waals surface area (Å²) in [4.78, 5) is 0. The predicted octanol–water partition coefficient (Wildman–Crippen LogP) is 4.44. The molecule has 0 unspecified atom stereocenters. The molecule has 16 heavy (non-hydrogen) atoms. The first-order chi connectivity index (χ1) is 7.59. The summed E-state index contributed by atoms with van der Waals surface area (Å²) in [6, 6.07) is 12.1. The van der Waals surface area contributed by atoms with Gasteiger partial charge >= 0.3 is 0 Å². The van der Waals surface area contributed by atoms with Gasteiger partial charge in [0.15, 0.2) is 0 Å². The van der Waals surface area contributed by atoms with Crippen LogP contribution in [0.25, 0.3) is 11.1 Å². The van der Waals surface area contributed by atoms with Crippen molar-refractivity contribution in [2.75, 3.05) is 0 Å². The van der Waals surface area contributed by atoms with Crippen LogP contribution in [0.4, 0.5) is 0 Å². The zero-order chi connectivity index (χ0) is 11.7. The van der Waals surface area contributed by atoms with Gasteiger partial charge in [-0.2, -0.15) is 0 Å². The van der Waals surface area contributed by atoms with E-state index in [2.05, 4.69) is 22.0 Å². The monoisotopic (exact) mass is 276 g/mol. The quantitative estimate of drug-likeness (QED) is 0.817. The molecule has 0 saturated heterocycles. The molecule has 0 aliphatic rings. The Bertz CT molecular complexity index is 532. The number of hydrogen-bond donors (Lipinski definition) is 1. The molecule has 2 heteroatoms. The van der Waals surface area contributed by atoms with Crippen LogP contribution in [0.15, 0.2) is 40.9 Å². The van der Waals surface area contributed by atoms with Crippen molar-refractivity contribution >= 4 is 15.9 Å². The van der Waals surface area contributed by atoms with Crippen LogP contribution in [-0.2, 0) is 0 Å². The molecule has 0 spiro atoms. The van der Waals surface area contributed by atoms with Crippen LogP contribution in [-0.4, -0.2) is 5.11 Å². The molecule has 2 rings (SSSR count). The molecule has 0 radical (unpaired) electrons. The van der Waals surface area contributed by atoms with Crippen molar-refractivity contribution in [3.8, 4) is 16.9 Å². The lowest BCUT2D eigenvalue weighted by molar-refractivity contribution is 0.467. The fourth-order valence-corrected chi connectivity index (χ4v) is 2.20. The fraction of sp³-hybridized carbons (Fsp3) is 0.143. The molecule has 0 amide bonds. The average molecular weight is 277 g/mol. The Kier molecular flexibility index (Phi) is 3.01. The minimum atomic E-state index is 0.387. The van der Waals surface area contributed by atoms with Crippen LogP contribution >= 0.6 is 15.9 Å². The van der Waals surface area contributed by atoms with Gasteiger partial charge < -0.3 is 5.11 Å². The van der Waals surface area contributed by atoms with Gasteiger partial charge in [0.1, 0.15) is 5.75 Å². The van der Waals surface area contributed by atoms with Crippen molar-refractivity contribution in [1.29, 1.82) is 0 Å². The molecule has 0 atom stereocenters. The summed E-state index contributed by atoms with van der Waals surface area (Å²) in [5.41, 5.74) is 4.03. The SMILES string of the molecule is Cc1ccc(-c2cccc(Br)c2)c(C)c1O. The highest BCUT2D eigenvalue weighted by atomic mass is 79.9. The molecule has 2 aromatic carbocycles. The van der Waals surface area contributed by atoms with Crippen LogP contribution in [0.3, 0.4) is 0 Å². The lowest BCUT2D eigenvalue weighted by atomic mass is 9.98. The third-order valence-electron chi connectivity index (χ3n) is 2.77. The van der Waals surface area contributed by atoms with Crippen LogP contribution < -0.4 is 0 Å². The zero-order valence-electron chi connectivity index (χ0n) is 9.29. The van der Waals surface area contributed by atoms with Crippen LogP contribution in [0.5, 0.6) is 5.75 Å². The van der Waals surface area contributed by atoms with Crippen molar-refractivity contribution < 1.29 is 5.11 Å². The maximum absolute atomic E-state index is 9.91. The number of hydrogen-bond acceptors (Lipinski definition) is 1. The third-order valence-corrected chi connectivity index (χ3v) is 3.26. The van der Waals surface area contributed by atoms with Crippen LogP contribution in [0.2, 0.25) is 0 Å². The molecule has 2 aromatic rings. The molecule has 0 heterocycles.